The Labute approximate surface area is 149 Å². The lowest BCUT2D eigenvalue weighted by molar-refractivity contribution is -0.132. The first kappa shape index (κ1) is 17.6. The summed E-state index contributed by atoms with van der Waals surface area (Å²) < 4.78 is 1.89. The number of hydrogen-bond donors (Lipinski definition) is 0. The maximum absolute atomic E-state index is 12.6. The normalized spacial score (nSPS) is 18.2. The Bertz CT molecular complexity index is 668. The molecule has 3 rings (SSSR count). The van der Waals surface area contributed by atoms with Crippen molar-refractivity contribution in [1.82, 2.24) is 24.6 Å². The highest BCUT2D eigenvalue weighted by Gasteiger charge is 2.23. The molecule has 1 aliphatic heterocycles. The van der Waals surface area contributed by atoms with E-state index in [2.05, 4.69) is 46.2 Å². The molecule has 0 bridgehead atoms. The van der Waals surface area contributed by atoms with Crippen LogP contribution in [0.25, 0.3) is 0 Å². The summed E-state index contributed by atoms with van der Waals surface area (Å²) >= 11 is 0. The van der Waals surface area contributed by atoms with Crippen LogP contribution >= 0.6 is 0 Å². The van der Waals surface area contributed by atoms with Gasteiger partial charge in [-0.1, -0.05) is 29.8 Å². The molecule has 1 atom stereocenters. The van der Waals surface area contributed by atoms with Gasteiger partial charge in [-0.3, -0.25) is 14.4 Å². The van der Waals surface area contributed by atoms with E-state index in [1.807, 2.05) is 16.6 Å². The average Bonchev–Trinajstić information content (AvgIpc) is 3.10. The minimum atomic E-state index is 0.182. The maximum atomic E-state index is 12.6. The summed E-state index contributed by atoms with van der Waals surface area (Å²) in [5, 5.41) is 4.19. The van der Waals surface area contributed by atoms with Crippen molar-refractivity contribution in [3.05, 3.63) is 48.0 Å². The molecule has 0 aliphatic carbocycles. The number of likely N-dealkylation sites (N-methyl/N-ethyl adjacent to an activating group) is 1. The molecule has 1 aliphatic rings. The van der Waals surface area contributed by atoms with Crippen LogP contribution in [0.2, 0.25) is 0 Å². The highest BCUT2D eigenvalue weighted by atomic mass is 16.2. The molecule has 1 aromatic heterocycles. The van der Waals surface area contributed by atoms with Crippen LogP contribution in [0.1, 0.15) is 24.0 Å². The zero-order valence-corrected chi connectivity index (χ0v) is 15.1. The van der Waals surface area contributed by atoms with E-state index in [4.69, 9.17) is 0 Å². The van der Waals surface area contributed by atoms with E-state index < -0.39 is 0 Å². The number of carbonyl (C=O) groups excluding carboxylic acids is 1. The number of hydrogen-bond acceptors (Lipinski definition) is 4. The Kier molecular flexibility index (Phi) is 5.81. The number of piperidine rings is 1. The predicted octanol–water partition coefficient (Wildman–Crippen LogP) is 1.96. The molecule has 0 saturated carbocycles. The van der Waals surface area contributed by atoms with Crippen molar-refractivity contribution in [2.75, 3.05) is 26.7 Å². The van der Waals surface area contributed by atoms with Gasteiger partial charge < -0.3 is 4.90 Å². The molecule has 25 heavy (non-hydrogen) atoms. The number of amides is 1. The average molecular weight is 341 g/mol. The Morgan fingerprint density at radius 1 is 1.32 bits per heavy atom. The van der Waals surface area contributed by atoms with E-state index in [1.165, 1.54) is 17.5 Å². The molecule has 134 valence electrons. The van der Waals surface area contributed by atoms with Gasteiger partial charge in [0.05, 0.1) is 6.54 Å². The lowest BCUT2D eigenvalue weighted by Gasteiger charge is -2.33. The van der Waals surface area contributed by atoms with Crippen LogP contribution in [0.5, 0.6) is 0 Å². The third kappa shape index (κ3) is 5.13. The first-order valence-electron chi connectivity index (χ1n) is 8.94. The Hall–Kier alpha value is -2.21. The predicted molar refractivity (Wildman–Crippen MR) is 96.8 cm³/mol. The lowest BCUT2D eigenvalue weighted by atomic mass is 9.98. The fraction of sp³-hybridized carbons (Fsp3) is 0.526. The highest BCUT2D eigenvalue weighted by molar-refractivity contribution is 5.78. The van der Waals surface area contributed by atoms with Crippen molar-refractivity contribution in [2.45, 2.75) is 32.9 Å². The van der Waals surface area contributed by atoms with E-state index in [0.29, 0.717) is 19.0 Å². The SMILES string of the molecule is Cc1ccc(CN(C)C(=O)CN2CCC[C@H](Cn3cncn3)C2)cc1. The van der Waals surface area contributed by atoms with Gasteiger partial charge in [-0.2, -0.15) is 5.10 Å². The molecule has 0 unspecified atom stereocenters. The van der Waals surface area contributed by atoms with Gasteiger partial charge in [0.15, 0.2) is 0 Å². The largest absolute Gasteiger partial charge is 0.340 e. The van der Waals surface area contributed by atoms with Gasteiger partial charge in [-0.05, 0) is 37.8 Å². The molecule has 2 heterocycles. The van der Waals surface area contributed by atoms with Crippen LogP contribution in [0.15, 0.2) is 36.9 Å². The van der Waals surface area contributed by atoms with Crippen molar-refractivity contribution >= 4 is 5.91 Å². The number of nitrogens with zero attached hydrogens (tertiary/aromatic N) is 5. The van der Waals surface area contributed by atoms with E-state index in [0.717, 1.165) is 26.1 Å². The zero-order valence-electron chi connectivity index (χ0n) is 15.1. The molecule has 0 spiro atoms. The summed E-state index contributed by atoms with van der Waals surface area (Å²) in [6.07, 6.45) is 5.65. The summed E-state index contributed by atoms with van der Waals surface area (Å²) in [5.74, 6) is 0.715. The summed E-state index contributed by atoms with van der Waals surface area (Å²) in [4.78, 5) is 20.7. The number of aryl methyl sites for hydroxylation is 1. The van der Waals surface area contributed by atoms with Gasteiger partial charge in [-0.25, -0.2) is 4.98 Å². The molecule has 0 N–H and O–H groups in total. The number of carbonyl (C=O) groups is 1. The molecule has 0 radical (unpaired) electrons. The molecule has 6 heteroatoms. The minimum Gasteiger partial charge on any atom is -0.340 e. The van der Waals surface area contributed by atoms with E-state index >= 15 is 0 Å². The maximum Gasteiger partial charge on any atom is 0.236 e. The molecule has 2 aromatic rings. The van der Waals surface area contributed by atoms with Crippen LogP contribution in [-0.4, -0.2) is 57.2 Å². The minimum absolute atomic E-state index is 0.182. The third-order valence-corrected chi connectivity index (χ3v) is 4.84. The number of benzene rings is 1. The topological polar surface area (TPSA) is 54.3 Å². The van der Waals surface area contributed by atoms with Crippen molar-refractivity contribution in [3.63, 3.8) is 0 Å². The van der Waals surface area contributed by atoms with Gasteiger partial charge >= 0.3 is 0 Å². The summed E-state index contributed by atoms with van der Waals surface area (Å²) in [5.41, 5.74) is 2.41. The standard InChI is InChI=1S/C19H27N5O/c1-16-5-7-17(8-6-16)10-22(2)19(25)13-23-9-3-4-18(11-23)12-24-15-20-14-21-24/h5-8,14-15,18H,3-4,9-13H2,1-2H3/t18-/m0/s1. The van der Waals surface area contributed by atoms with Crippen molar-refractivity contribution in [2.24, 2.45) is 5.92 Å². The molecule has 1 aromatic carbocycles. The van der Waals surface area contributed by atoms with Gasteiger partial charge in [0, 0.05) is 26.7 Å². The second-order valence-electron chi connectivity index (χ2n) is 7.10. The molecule has 1 amide bonds. The van der Waals surface area contributed by atoms with E-state index in [-0.39, 0.29) is 5.91 Å². The first-order chi connectivity index (χ1) is 12.1. The van der Waals surface area contributed by atoms with Crippen LogP contribution in [0, 0.1) is 12.8 Å². The van der Waals surface area contributed by atoms with Gasteiger partial charge in [0.1, 0.15) is 12.7 Å². The number of aromatic nitrogens is 3. The molecule has 6 nitrogen and oxygen atoms in total. The molecule has 1 saturated heterocycles. The smallest absolute Gasteiger partial charge is 0.236 e. The Morgan fingerprint density at radius 3 is 2.84 bits per heavy atom. The van der Waals surface area contributed by atoms with Crippen LogP contribution in [-0.2, 0) is 17.9 Å². The van der Waals surface area contributed by atoms with Crippen LogP contribution in [0.4, 0.5) is 0 Å². The third-order valence-electron chi connectivity index (χ3n) is 4.84. The highest BCUT2D eigenvalue weighted by Crippen LogP contribution is 2.18. The monoisotopic (exact) mass is 341 g/mol. The number of likely N-dealkylation sites (tertiary alicyclic amines) is 1. The van der Waals surface area contributed by atoms with Crippen LogP contribution in [0.3, 0.4) is 0 Å². The van der Waals surface area contributed by atoms with Crippen LogP contribution < -0.4 is 0 Å². The van der Waals surface area contributed by atoms with Crippen molar-refractivity contribution in [1.29, 1.82) is 0 Å². The summed E-state index contributed by atoms with van der Waals surface area (Å²) in [6, 6.07) is 8.36. The quantitative estimate of drug-likeness (QED) is 0.806. The summed E-state index contributed by atoms with van der Waals surface area (Å²) in [6.45, 7) is 6.06. The molecular weight excluding hydrogens is 314 g/mol. The molecule has 1 fully saturated rings. The zero-order chi connectivity index (χ0) is 17.6. The summed E-state index contributed by atoms with van der Waals surface area (Å²) in [7, 11) is 1.89. The van der Waals surface area contributed by atoms with E-state index in [9.17, 15) is 4.79 Å². The second-order valence-corrected chi connectivity index (χ2v) is 7.10. The number of rotatable bonds is 6. The van der Waals surface area contributed by atoms with Gasteiger partial charge in [0.2, 0.25) is 5.91 Å². The lowest BCUT2D eigenvalue weighted by Crippen LogP contribution is -2.43. The fourth-order valence-electron chi connectivity index (χ4n) is 3.40. The van der Waals surface area contributed by atoms with Crippen molar-refractivity contribution < 1.29 is 4.79 Å². The Morgan fingerprint density at radius 2 is 2.12 bits per heavy atom. The fourth-order valence-corrected chi connectivity index (χ4v) is 3.40. The first-order valence-corrected chi connectivity index (χ1v) is 8.94. The Balaban J connectivity index is 1.48. The molecular formula is C19H27N5O. The van der Waals surface area contributed by atoms with Gasteiger partial charge in [0.25, 0.3) is 0 Å². The van der Waals surface area contributed by atoms with Crippen molar-refractivity contribution in [3.8, 4) is 0 Å². The van der Waals surface area contributed by atoms with E-state index in [1.54, 1.807) is 12.7 Å². The van der Waals surface area contributed by atoms with Gasteiger partial charge in [-0.15, -0.1) is 0 Å². The second kappa shape index (κ2) is 8.25.